The summed E-state index contributed by atoms with van der Waals surface area (Å²) < 4.78 is 5.41. The Morgan fingerprint density at radius 1 is 1.33 bits per heavy atom. The monoisotopic (exact) mass is 250 g/mol. The molecule has 1 saturated heterocycles. The lowest BCUT2D eigenvalue weighted by atomic mass is 9.92. The Morgan fingerprint density at radius 3 is 2.61 bits per heavy atom. The Bertz CT molecular complexity index is 413. The predicted molar refractivity (Wildman–Crippen MR) is 72.6 cm³/mol. The average Bonchev–Trinajstić information content (AvgIpc) is 2.28. The highest BCUT2D eigenvalue weighted by molar-refractivity contribution is 5.57. The molecule has 0 bridgehead atoms. The van der Waals surface area contributed by atoms with E-state index in [1.165, 1.54) is 6.33 Å². The minimum Gasteiger partial charge on any atom is -0.383 e. The molecule has 3 N–H and O–H groups in total. The van der Waals surface area contributed by atoms with Crippen molar-refractivity contribution in [2.24, 2.45) is 0 Å². The van der Waals surface area contributed by atoms with Gasteiger partial charge in [0.15, 0.2) is 0 Å². The van der Waals surface area contributed by atoms with Crippen molar-refractivity contribution in [2.75, 3.05) is 24.3 Å². The third-order valence-corrected chi connectivity index (χ3v) is 3.51. The highest BCUT2D eigenvalue weighted by Gasteiger charge is 2.29. The van der Waals surface area contributed by atoms with E-state index in [-0.39, 0.29) is 5.54 Å². The van der Waals surface area contributed by atoms with E-state index < -0.39 is 0 Å². The van der Waals surface area contributed by atoms with Gasteiger partial charge in [0.05, 0.1) is 0 Å². The second kappa shape index (κ2) is 5.10. The van der Waals surface area contributed by atoms with Crippen LogP contribution in [0.3, 0.4) is 0 Å². The van der Waals surface area contributed by atoms with Crippen molar-refractivity contribution in [3.05, 3.63) is 11.9 Å². The van der Waals surface area contributed by atoms with Gasteiger partial charge in [-0.2, -0.15) is 0 Å². The van der Waals surface area contributed by atoms with Crippen LogP contribution in [0.2, 0.25) is 0 Å². The van der Waals surface area contributed by atoms with Crippen LogP contribution in [0, 0.1) is 0 Å². The fourth-order valence-corrected chi connectivity index (χ4v) is 2.31. The summed E-state index contributed by atoms with van der Waals surface area (Å²) in [6.45, 7) is 8.00. The Labute approximate surface area is 108 Å². The Morgan fingerprint density at radius 2 is 2.00 bits per heavy atom. The Hall–Kier alpha value is -1.36. The Kier molecular flexibility index (Phi) is 3.71. The minimum atomic E-state index is 0.0304. The number of nitrogen functional groups attached to an aromatic ring is 1. The molecule has 100 valence electrons. The van der Waals surface area contributed by atoms with Crippen LogP contribution in [0.4, 0.5) is 11.6 Å². The molecular weight excluding hydrogens is 228 g/mol. The topological polar surface area (TPSA) is 73.1 Å². The van der Waals surface area contributed by atoms with Crippen LogP contribution in [0.25, 0.3) is 0 Å². The summed E-state index contributed by atoms with van der Waals surface area (Å²) in [7, 11) is 0. The number of rotatable bonds is 3. The summed E-state index contributed by atoms with van der Waals surface area (Å²) in [6, 6.07) is 0. The molecule has 1 aromatic heterocycles. The lowest BCUT2D eigenvalue weighted by molar-refractivity contribution is 0.0657. The Balaban J connectivity index is 2.25. The maximum Gasteiger partial charge on any atom is 0.135 e. The van der Waals surface area contributed by atoms with Gasteiger partial charge in [-0.05, 0) is 25.7 Å². The lowest BCUT2D eigenvalue weighted by Gasteiger charge is -2.35. The quantitative estimate of drug-likeness (QED) is 0.860. The van der Waals surface area contributed by atoms with Crippen LogP contribution in [-0.4, -0.2) is 28.7 Å². The molecule has 1 aliphatic rings. The molecule has 2 rings (SSSR count). The zero-order valence-corrected chi connectivity index (χ0v) is 11.4. The first kappa shape index (κ1) is 13.1. The number of hydrogen-bond donors (Lipinski definition) is 2. The van der Waals surface area contributed by atoms with Crippen molar-refractivity contribution in [1.29, 1.82) is 0 Å². The molecule has 5 nitrogen and oxygen atoms in total. The number of nitrogens with one attached hydrogen (secondary N) is 1. The molecule has 18 heavy (non-hydrogen) atoms. The molecule has 0 spiro atoms. The first-order valence-corrected chi connectivity index (χ1v) is 6.48. The number of nitrogens with zero attached hydrogens (tertiary/aromatic N) is 2. The highest BCUT2D eigenvalue weighted by Crippen LogP contribution is 2.31. The number of hydrogen-bond acceptors (Lipinski definition) is 5. The van der Waals surface area contributed by atoms with Crippen LogP contribution in [0.5, 0.6) is 0 Å². The summed E-state index contributed by atoms with van der Waals surface area (Å²) in [6.07, 6.45) is 3.48. The van der Waals surface area contributed by atoms with Gasteiger partial charge in [0.1, 0.15) is 18.0 Å². The molecule has 0 atom stereocenters. The van der Waals surface area contributed by atoms with E-state index in [2.05, 4.69) is 36.1 Å². The molecule has 1 fully saturated rings. The molecule has 0 unspecified atom stereocenters. The van der Waals surface area contributed by atoms with Gasteiger partial charge in [0.2, 0.25) is 0 Å². The van der Waals surface area contributed by atoms with Gasteiger partial charge in [0.25, 0.3) is 0 Å². The van der Waals surface area contributed by atoms with Crippen molar-refractivity contribution < 1.29 is 4.74 Å². The molecule has 0 aliphatic carbocycles. The van der Waals surface area contributed by atoms with E-state index in [0.717, 1.165) is 37.4 Å². The molecule has 2 heterocycles. The first-order valence-electron chi connectivity index (χ1n) is 6.48. The van der Waals surface area contributed by atoms with Crippen LogP contribution >= 0.6 is 0 Å². The number of nitrogens with two attached hydrogens (primary N) is 1. The normalized spacial score (nSPS) is 18.9. The van der Waals surface area contributed by atoms with E-state index in [1.54, 1.807) is 0 Å². The molecule has 0 aromatic carbocycles. The molecule has 1 aliphatic heterocycles. The van der Waals surface area contributed by atoms with E-state index in [1.807, 2.05) is 0 Å². The molecule has 1 aromatic rings. The standard InChI is InChI=1S/C13H22N4O/c1-9(2)10-11(14)15-8-16-12(10)17-13(3)4-6-18-7-5-13/h8-9H,4-7H2,1-3H3,(H3,14,15,16,17). The van der Waals surface area contributed by atoms with Gasteiger partial charge in [-0.15, -0.1) is 0 Å². The van der Waals surface area contributed by atoms with E-state index >= 15 is 0 Å². The third-order valence-electron chi connectivity index (χ3n) is 3.51. The van der Waals surface area contributed by atoms with Gasteiger partial charge in [-0.1, -0.05) is 13.8 Å². The SMILES string of the molecule is CC(C)c1c(N)ncnc1NC1(C)CCOCC1. The molecule has 0 radical (unpaired) electrons. The summed E-state index contributed by atoms with van der Waals surface area (Å²) in [4.78, 5) is 8.44. The van der Waals surface area contributed by atoms with Gasteiger partial charge in [-0.25, -0.2) is 9.97 Å². The molecular formula is C13H22N4O. The number of aromatic nitrogens is 2. The van der Waals surface area contributed by atoms with Crippen molar-refractivity contribution in [1.82, 2.24) is 9.97 Å². The maximum atomic E-state index is 5.95. The summed E-state index contributed by atoms with van der Waals surface area (Å²) in [5.74, 6) is 1.73. The summed E-state index contributed by atoms with van der Waals surface area (Å²) >= 11 is 0. The zero-order valence-electron chi connectivity index (χ0n) is 11.4. The van der Waals surface area contributed by atoms with E-state index in [4.69, 9.17) is 10.5 Å². The fraction of sp³-hybridized carbons (Fsp3) is 0.692. The smallest absolute Gasteiger partial charge is 0.135 e. The second-order valence-corrected chi connectivity index (χ2v) is 5.47. The number of anilines is 2. The molecule has 5 heteroatoms. The largest absolute Gasteiger partial charge is 0.383 e. The second-order valence-electron chi connectivity index (χ2n) is 5.47. The first-order chi connectivity index (χ1) is 8.52. The summed E-state index contributed by atoms with van der Waals surface area (Å²) in [5, 5.41) is 3.54. The van der Waals surface area contributed by atoms with Gasteiger partial charge in [-0.3, -0.25) is 0 Å². The molecule has 0 saturated carbocycles. The average molecular weight is 250 g/mol. The van der Waals surface area contributed by atoms with Gasteiger partial charge in [0, 0.05) is 24.3 Å². The van der Waals surface area contributed by atoms with Crippen molar-refractivity contribution in [3.8, 4) is 0 Å². The van der Waals surface area contributed by atoms with Crippen LogP contribution < -0.4 is 11.1 Å². The lowest BCUT2D eigenvalue weighted by Crippen LogP contribution is -2.41. The van der Waals surface area contributed by atoms with Crippen molar-refractivity contribution in [3.63, 3.8) is 0 Å². The fourth-order valence-electron chi connectivity index (χ4n) is 2.31. The van der Waals surface area contributed by atoms with Crippen LogP contribution in [0.1, 0.15) is 45.1 Å². The van der Waals surface area contributed by atoms with Crippen molar-refractivity contribution >= 4 is 11.6 Å². The number of ether oxygens (including phenoxy) is 1. The zero-order chi connectivity index (χ0) is 13.2. The van der Waals surface area contributed by atoms with Gasteiger partial charge < -0.3 is 15.8 Å². The highest BCUT2D eigenvalue weighted by atomic mass is 16.5. The van der Waals surface area contributed by atoms with Gasteiger partial charge >= 0.3 is 0 Å². The van der Waals surface area contributed by atoms with Crippen molar-refractivity contribution in [2.45, 2.75) is 45.1 Å². The summed E-state index contributed by atoms with van der Waals surface area (Å²) in [5.41, 5.74) is 6.99. The van der Waals surface area contributed by atoms with E-state index in [9.17, 15) is 0 Å². The molecule has 0 amide bonds. The maximum absolute atomic E-state index is 5.95. The van der Waals surface area contributed by atoms with Crippen LogP contribution in [-0.2, 0) is 4.74 Å². The van der Waals surface area contributed by atoms with E-state index in [0.29, 0.717) is 11.7 Å². The van der Waals surface area contributed by atoms with Crippen LogP contribution in [0.15, 0.2) is 6.33 Å². The minimum absolute atomic E-state index is 0.0304. The predicted octanol–water partition coefficient (Wildman–Crippen LogP) is 2.16. The third kappa shape index (κ3) is 2.72.